The molecule has 1 aromatic carbocycles. The molecule has 0 aliphatic carbocycles. The average Bonchev–Trinajstić information content (AvgIpc) is 2.37. The van der Waals surface area contributed by atoms with E-state index in [0.29, 0.717) is 5.56 Å². The predicted molar refractivity (Wildman–Crippen MR) is 66.1 cm³/mol. The number of benzene rings is 1. The van der Waals surface area contributed by atoms with Gasteiger partial charge in [0.1, 0.15) is 0 Å². The maximum atomic E-state index is 11.0. The number of rotatable bonds is 3. The molecule has 0 aliphatic heterocycles. The van der Waals surface area contributed by atoms with Gasteiger partial charge in [0, 0.05) is 5.39 Å². The largest absolute Gasteiger partial charge is 0.461 e. The molecule has 0 N–H and O–H groups in total. The van der Waals surface area contributed by atoms with E-state index >= 15 is 0 Å². The van der Waals surface area contributed by atoms with Crippen LogP contribution in [0.5, 0.6) is 5.88 Å². The Labute approximate surface area is 99.4 Å². The van der Waals surface area contributed by atoms with Gasteiger partial charge in [-0.2, -0.15) is 0 Å². The molecule has 1 unspecified atom stereocenters. The van der Waals surface area contributed by atoms with Gasteiger partial charge < -0.3 is 4.74 Å². The van der Waals surface area contributed by atoms with Gasteiger partial charge in [-0.25, -0.2) is 4.98 Å². The second kappa shape index (κ2) is 4.67. The van der Waals surface area contributed by atoms with Crippen molar-refractivity contribution in [1.82, 2.24) is 4.98 Å². The summed E-state index contributed by atoms with van der Waals surface area (Å²) in [6.45, 7) is 1.73. The Balaban J connectivity index is 2.53. The normalized spacial score (nSPS) is 11.8. The SMILES string of the molecule is C#CC(C)Oc1nc2ccccc2cc1C=O. The van der Waals surface area contributed by atoms with Crippen molar-refractivity contribution in [3.8, 4) is 18.2 Å². The molecular formula is C14H11NO2. The van der Waals surface area contributed by atoms with Gasteiger partial charge in [-0.15, -0.1) is 6.42 Å². The molecular weight excluding hydrogens is 214 g/mol. The van der Waals surface area contributed by atoms with Crippen molar-refractivity contribution in [3.63, 3.8) is 0 Å². The first kappa shape index (κ1) is 11.2. The first-order valence-electron chi connectivity index (χ1n) is 5.22. The number of terminal acetylenes is 1. The number of aromatic nitrogens is 1. The molecule has 0 fully saturated rings. The van der Waals surface area contributed by atoms with Gasteiger partial charge in [-0.05, 0) is 19.1 Å². The summed E-state index contributed by atoms with van der Waals surface area (Å²) in [4.78, 5) is 15.3. The number of carbonyl (C=O) groups is 1. The third-order valence-electron chi connectivity index (χ3n) is 2.37. The Morgan fingerprint density at radius 2 is 2.24 bits per heavy atom. The highest BCUT2D eigenvalue weighted by atomic mass is 16.5. The molecule has 2 rings (SSSR count). The van der Waals surface area contributed by atoms with Gasteiger partial charge in [-0.3, -0.25) is 4.79 Å². The lowest BCUT2D eigenvalue weighted by molar-refractivity contribution is 0.111. The highest BCUT2D eigenvalue weighted by Gasteiger charge is 2.09. The molecule has 0 aliphatic rings. The molecule has 0 saturated heterocycles. The van der Waals surface area contributed by atoms with E-state index in [0.717, 1.165) is 17.2 Å². The zero-order valence-electron chi connectivity index (χ0n) is 9.38. The van der Waals surface area contributed by atoms with Gasteiger partial charge in [0.05, 0.1) is 11.1 Å². The number of carbonyl (C=O) groups excluding carboxylic acids is 1. The van der Waals surface area contributed by atoms with Gasteiger partial charge in [0.2, 0.25) is 5.88 Å². The Bertz CT molecular complexity index is 599. The molecule has 84 valence electrons. The summed E-state index contributed by atoms with van der Waals surface area (Å²) in [5.74, 6) is 2.72. The molecule has 1 heterocycles. The number of hydrogen-bond acceptors (Lipinski definition) is 3. The smallest absolute Gasteiger partial charge is 0.225 e. The number of fused-ring (bicyclic) bond motifs is 1. The van der Waals surface area contributed by atoms with Crippen LogP contribution in [0.4, 0.5) is 0 Å². The number of ether oxygens (including phenoxy) is 1. The molecule has 0 radical (unpaired) electrons. The zero-order chi connectivity index (χ0) is 12.3. The molecule has 1 atom stereocenters. The minimum Gasteiger partial charge on any atom is -0.461 e. The fourth-order valence-corrected chi connectivity index (χ4v) is 1.49. The summed E-state index contributed by atoms with van der Waals surface area (Å²) in [7, 11) is 0. The number of hydrogen-bond donors (Lipinski definition) is 0. The summed E-state index contributed by atoms with van der Waals surface area (Å²) >= 11 is 0. The monoisotopic (exact) mass is 225 g/mol. The van der Waals surface area contributed by atoms with E-state index in [4.69, 9.17) is 11.2 Å². The number of nitrogens with zero attached hydrogens (tertiary/aromatic N) is 1. The predicted octanol–water partition coefficient (Wildman–Crippen LogP) is 2.45. The first-order valence-corrected chi connectivity index (χ1v) is 5.22. The highest BCUT2D eigenvalue weighted by Crippen LogP contribution is 2.21. The second-order valence-corrected chi connectivity index (χ2v) is 3.62. The Hall–Kier alpha value is -2.34. The van der Waals surface area contributed by atoms with E-state index in [1.807, 2.05) is 24.3 Å². The van der Waals surface area contributed by atoms with E-state index in [1.54, 1.807) is 13.0 Å². The summed E-state index contributed by atoms with van der Waals surface area (Å²) in [6.07, 6.45) is 5.54. The van der Waals surface area contributed by atoms with Gasteiger partial charge in [-0.1, -0.05) is 24.1 Å². The van der Waals surface area contributed by atoms with Gasteiger partial charge in [0.25, 0.3) is 0 Å². The molecule has 0 spiro atoms. The fraction of sp³-hybridized carbons (Fsp3) is 0.143. The van der Waals surface area contributed by atoms with E-state index in [9.17, 15) is 4.79 Å². The number of aldehydes is 1. The van der Waals surface area contributed by atoms with Crippen molar-refractivity contribution >= 4 is 17.2 Å². The Morgan fingerprint density at radius 1 is 1.47 bits per heavy atom. The zero-order valence-corrected chi connectivity index (χ0v) is 9.38. The van der Waals surface area contributed by atoms with Crippen molar-refractivity contribution in [3.05, 3.63) is 35.9 Å². The average molecular weight is 225 g/mol. The lowest BCUT2D eigenvalue weighted by Crippen LogP contribution is -2.11. The van der Waals surface area contributed by atoms with Crippen molar-refractivity contribution < 1.29 is 9.53 Å². The standard InChI is InChI=1S/C14H11NO2/c1-3-10(2)17-14-12(9-16)8-11-6-4-5-7-13(11)15-14/h1,4-10H,2H3. The Kier molecular flexibility index (Phi) is 3.06. The van der Waals surface area contributed by atoms with Crippen LogP contribution in [0.1, 0.15) is 17.3 Å². The maximum Gasteiger partial charge on any atom is 0.225 e. The number of para-hydroxylation sites is 1. The van der Waals surface area contributed by atoms with Crippen LogP contribution < -0.4 is 4.74 Å². The summed E-state index contributed by atoms with van der Waals surface area (Å²) in [5.41, 5.74) is 1.18. The van der Waals surface area contributed by atoms with E-state index in [1.165, 1.54) is 0 Å². The molecule has 2 aromatic rings. The van der Waals surface area contributed by atoms with Crippen LogP contribution in [0.3, 0.4) is 0 Å². The van der Waals surface area contributed by atoms with E-state index in [2.05, 4.69) is 10.9 Å². The van der Waals surface area contributed by atoms with Crippen LogP contribution in [0.25, 0.3) is 10.9 Å². The van der Waals surface area contributed by atoms with Crippen molar-refractivity contribution in [2.75, 3.05) is 0 Å². The quantitative estimate of drug-likeness (QED) is 0.595. The van der Waals surface area contributed by atoms with Crippen LogP contribution >= 0.6 is 0 Å². The minimum atomic E-state index is -0.414. The lowest BCUT2D eigenvalue weighted by Gasteiger charge is -2.10. The van der Waals surface area contributed by atoms with Crippen LogP contribution in [-0.4, -0.2) is 17.4 Å². The van der Waals surface area contributed by atoms with E-state index < -0.39 is 6.10 Å². The molecule has 3 nitrogen and oxygen atoms in total. The van der Waals surface area contributed by atoms with Crippen LogP contribution in [0, 0.1) is 12.3 Å². The number of pyridine rings is 1. The van der Waals surface area contributed by atoms with Crippen molar-refractivity contribution in [1.29, 1.82) is 0 Å². The third-order valence-corrected chi connectivity index (χ3v) is 2.37. The molecule has 1 aromatic heterocycles. The fourth-order valence-electron chi connectivity index (χ4n) is 1.49. The summed E-state index contributed by atoms with van der Waals surface area (Å²) in [5, 5.41) is 0.898. The van der Waals surface area contributed by atoms with Crippen molar-refractivity contribution in [2.24, 2.45) is 0 Å². The minimum absolute atomic E-state index is 0.282. The van der Waals surface area contributed by atoms with Crippen molar-refractivity contribution in [2.45, 2.75) is 13.0 Å². The summed E-state index contributed by atoms with van der Waals surface area (Å²) < 4.78 is 5.42. The second-order valence-electron chi connectivity index (χ2n) is 3.62. The lowest BCUT2D eigenvalue weighted by atomic mass is 10.1. The van der Waals surface area contributed by atoms with Crippen LogP contribution in [0.15, 0.2) is 30.3 Å². The van der Waals surface area contributed by atoms with Crippen LogP contribution in [0.2, 0.25) is 0 Å². The molecule has 0 saturated carbocycles. The van der Waals surface area contributed by atoms with Gasteiger partial charge >= 0.3 is 0 Å². The van der Waals surface area contributed by atoms with Gasteiger partial charge in [0.15, 0.2) is 12.4 Å². The Morgan fingerprint density at radius 3 is 2.94 bits per heavy atom. The van der Waals surface area contributed by atoms with Crippen LogP contribution in [-0.2, 0) is 0 Å². The third kappa shape index (κ3) is 2.26. The molecule has 0 amide bonds. The first-order chi connectivity index (χ1) is 8.24. The molecule has 3 heteroatoms. The maximum absolute atomic E-state index is 11.0. The summed E-state index contributed by atoms with van der Waals surface area (Å²) in [6, 6.07) is 9.27. The molecule has 17 heavy (non-hydrogen) atoms. The topological polar surface area (TPSA) is 39.2 Å². The molecule has 0 bridgehead atoms. The highest BCUT2D eigenvalue weighted by molar-refractivity contribution is 5.88. The van der Waals surface area contributed by atoms with E-state index in [-0.39, 0.29) is 5.88 Å².